The normalized spacial score (nSPS) is 34.3. The van der Waals surface area contributed by atoms with Crippen LogP contribution in [0.5, 0.6) is 5.75 Å². The maximum atomic E-state index is 13.0. The first kappa shape index (κ1) is 21.1. The smallest absolute Gasteiger partial charge is 0.235 e. The molecule has 2 aromatic carbocycles. The van der Waals surface area contributed by atoms with Crippen molar-refractivity contribution in [1.82, 2.24) is 15.8 Å². The lowest BCUT2D eigenvalue weighted by Crippen LogP contribution is -2.37. The summed E-state index contributed by atoms with van der Waals surface area (Å²) < 4.78 is 5.45. The number of nitrogens with zero attached hydrogens (tertiary/aromatic N) is 1. The van der Waals surface area contributed by atoms with Crippen molar-refractivity contribution in [3.63, 3.8) is 0 Å². The van der Waals surface area contributed by atoms with Gasteiger partial charge in [0.05, 0.1) is 18.6 Å². The fraction of sp³-hybridized carbons (Fsp3) is 0.519. The standard InChI is InChI=1S/C27H34N4O2/c1-31(2)15-16-4-6-17(7-5-16)25-20-10-8-18(12-24(20)29-30-25)22-14-27(22)21-13-19(33-3)9-11-23(21)28-26(27)32/h4-7,9,11,13,18,20,22,24-25,29-30H,8,10,12,14-15H2,1-3H3,(H,28,32)/t18?,20?,22-,24?,25?,27-/m0/s1. The second-order valence-corrected chi connectivity index (χ2v) is 10.7. The molecule has 2 aromatic rings. The highest BCUT2D eigenvalue weighted by Crippen LogP contribution is 2.65. The lowest BCUT2D eigenvalue weighted by molar-refractivity contribution is -0.118. The summed E-state index contributed by atoms with van der Waals surface area (Å²) in [6.07, 6.45) is 4.48. The van der Waals surface area contributed by atoms with Crippen LogP contribution >= 0.6 is 0 Å². The fourth-order valence-electron chi connectivity index (χ4n) is 6.90. The molecule has 174 valence electrons. The molecule has 6 nitrogen and oxygen atoms in total. The minimum Gasteiger partial charge on any atom is -0.497 e. The minimum absolute atomic E-state index is 0.186. The lowest BCUT2D eigenvalue weighted by atomic mass is 9.72. The van der Waals surface area contributed by atoms with Crippen molar-refractivity contribution < 1.29 is 9.53 Å². The fourth-order valence-corrected chi connectivity index (χ4v) is 6.90. The Morgan fingerprint density at radius 1 is 1.09 bits per heavy atom. The van der Waals surface area contributed by atoms with E-state index in [0.717, 1.165) is 36.4 Å². The van der Waals surface area contributed by atoms with Crippen LogP contribution in [-0.4, -0.2) is 38.1 Å². The number of carbonyl (C=O) groups excluding carboxylic acids is 1. The summed E-state index contributed by atoms with van der Waals surface area (Å²) in [6.45, 7) is 0.968. The molecule has 1 amide bonds. The second kappa shape index (κ2) is 7.83. The monoisotopic (exact) mass is 446 g/mol. The van der Waals surface area contributed by atoms with E-state index in [4.69, 9.17) is 4.74 Å². The number of hydrogen-bond acceptors (Lipinski definition) is 5. The van der Waals surface area contributed by atoms with E-state index in [1.807, 2.05) is 12.1 Å². The molecule has 2 saturated carbocycles. The molecule has 6 rings (SSSR count). The van der Waals surface area contributed by atoms with Gasteiger partial charge in [-0.25, -0.2) is 5.43 Å². The van der Waals surface area contributed by atoms with Crippen molar-refractivity contribution >= 4 is 11.6 Å². The first-order chi connectivity index (χ1) is 16.0. The zero-order valence-electron chi connectivity index (χ0n) is 19.7. The molecule has 0 radical (unpaired) electrons. The largest absolute Gasteiger partial charge is 0.497 e. The van der Waals surface area contributed by atoms with E-state index < -0.39 is 0 Å². The third kappa shape index (κ3) is 3.38. The summed E-state index contributed by atoms with van der Waals surface area (Å²) in [5, 5.41) is 3.14. The summed E-state index contributed by atoms with van der Waals surface area (Å²) in [4.78, 5) is 15.2. The number of methoxy groups -OCH3 is 1. The van der Waals surface area contributed by atoms with Gasteiger partial charge < -0.3 is 15.0 Å². The van der Waals surface area contributed by atoms with Crippen LogP contribution < -0.4 is 20.9 Å². The third-order valence-electron chi connectivity index (χ3n) is 8.58. The van der Waals surface area contributed by atoms with Gasteiger partial charge in [0, 0.05) is 18.3 Å². The molecular weight excluding hydrogens is 412 g/mol. The molecule has 0 bridgehead atoms. The Labute approximate surface area is 196 Å². The van der Waals surface area contributed by atoms with Crippen molar-refractivity contribution in [2.75, 3.05) is 26.5 Å². The number of benzene rings is 2. The van der Waals surface area contributed by atoms with Gasteiger partial charge in [-0.05, 0) is 92.4 Å². The van der Waals surface area contributed by atoms with Crippen LogP contribution in [0, 0.1) is 17.8 Å². The number of nitrogens with one attached hydrogen (secondary N) is 3. The quantitative estimate of drug-likeness (QED) is 0.655. The summed E-state index contributed by atoms with van der Waals surface area (Å²) in [7, 11) is 5.90. The Balaban J connectivity index is 1.15. The van der Waals surface area contributed by atoms with E-state index in [9.17, 15) is 4.79 Å². The number of amides is 1. The number of anilines is 1. The Kier molecular flexibility index (Phi) is 5.02. The highest BCUT2D eigenvalue weighted by Gasteiger charge is 2.67. The van der Waals surface area contributed by atoms with Crippen LogP contribution in [0.2, 0.25) is 0 Å². The molecule has 2 aliphatic heterocycles. The molecule has 4 aliphatic rings. The zero-order valence-corrected chi connectivity index (χ0v) is 19.7. The Morgan fingerprint density at radius 3 is 2.67 bits per heavy atom. The van der Waals surface area contributed by atoms with E-state index in [-0.39, 0.29) is 11.3 Å². The average Bonchev–Trinajstić information content (AvgIpc) is 3.34. The van der Waals surface area contributed by atoms with E-state index >= 15 is 0 Å². The van der Waals surface area contributed by atoms with Gasteiger partial charge in [0.25, 0.3) is 0 Å². The summed E-state index contributed by atoms with van der Waals surface area (Å²) in [5.41, 5.74) is 11.7. The van der Waals surface area contributed by atoms with Crippen LogP contribution in [0.1, 0.15) is 48.4 Å². The van der Waals surface area contributed by atoms with E-state index in [0.29, 0.717) is 29.8 Å². The highest BCUT2D eigenvalue weighted by atomic mass is 16.5. The van der Waals surface area contributed by atoms with Gasteiger partial charge in [-0.2, -0.15) is 0 Å². The molecule has 6 atom stereocenters. The molecule has 1 saturated heterocycles. The van der Waals surface area contributed by atoms with Crippen LogP contribution in [0.3, 0.4) is 0 Å². The van der Waals surface area contributed by atoms with Gasteiger partial charge in [0.2, 0.25) is 5.91 Å². The number of fused-ring (bicyclic) bond motifs is 3. The van der Waals surface area contributed by atoms with Crippen molar-refractivity contribution in [3.8, 4) is 5.75 Å². The molecule has 3 N–H and O–H groups in total. The van der Waals surface area contributed by atoms with Crippen molar-refractivity contribution in [2.24, 2.45) is 17.8 Å². The highest BCUT2D eigenvalue weighted by molar-refractivity contribution is 6.09. The molecule has 2 heterocycles. The molecular formula is C27H34N4O2. The van der Waals surface area contributed by atoms with E-state index in [1.54, 1.807) is 7.11 Å². The first-order valence-corrected chi connectivity index (χ1v) is 12.2. The van der Waals surface area contributed by atoms with Crippen molar-refractivity contribution in [1.29, 1.82) is 0 Å². The number of hydrogen-bond donors (Lipinski definition) is 3. The van der Waals surface area contributed by atoms with Gasteiger partial charge in [0.15, 0.2) is 0 Å². The van der Waals surface area contributed by atoms with E-state index in [2.05, 4.69) is 65.5 Å². The molecule has 2 aliphatic carbocycles. The summed E-state index contributed by atoms with van der Waals surface area (Å²) in [6, 6.07) is 15.9. The maximum Gasteiger partial charge on any atom is 0.235 e. The molecule has 0 aromatic heterocycles. The van der Waals surface area contributed by atoms with Crippen LogP contribution in [0.4, 0.5) is 5.69 Å². The van der Waals surface area contributed by atoms with Crippen LogP contribution in [0.25, 0.3) is 0 Å². The Bertz CT molecular complexity index is 1070. The minimum atomic E-state index is -0.338. The molecule has 3 fully saturated rings. The van der Waals surface area contributed by atoms with Gasteiger partial charge in [0.1, 0.15) is 5.75 Å². The Morgan fingerprint density at radius 2 is 1.91 bits per heavy atom. The third-order valence-corrected chi connectivity index (χ3v) is 8.58. The van der Waals surface area contributed by atoms with Crippen molar-refractivity contribution in [2.45, 2.75) is 49.7 Å². The number of ether oxygens (including phenoxy) is 1. The lowest BCUT2D eigenvalue weighted by Gasteiger charge is -2.34. The predicted octanol–water partition coefficient (Wildman–Crippen LogP) is 3.60. The molecule has 4 unspecified atom stereocenters. The van der Waals surface area contributed by atoms with Gasteiger partial charge in [-0.1, -0.05) is 24.3 Å². The topological polar surface area (TPSA) is 65.6 Å². The first-order valence-electron chi connectivity index (χ1n) is 12.2. The van der Waals surface area contributed by atoms with E-state index in [1.165, 1.54) is 24.0 Å². The number of carbonyl (C=O) groups is 1. The van der Waals surface area contributed by atoms with Gasteiger partial charge in [-0.15, -0.1) is 0 Å². The Hall–Kier alpha value is -2.41. The SMILES string of the molecule is COc1ccc2c(c1)[C@]1(C[C@H]1C1CCC3C(C1)NNC3c1ccc(CN(C)C)cc1)C(=O)N2. The van der Waals surface area contributed by atoms with Gasteiger partial charge >= 0.3 is 0 Å². The predicted molar refractivity (Wildman–Crippen MR) is 129 cm³/mol. The molecule has 1 spiro atoms. The van der Waals surface area contributed by atoms with Crippen molar-refractivity contribution in [3.05, 3.63) is 59.2 Å². The molecule has 33 heavy (non-hydrogen) atoms. The molecule has 6 heteroatoms. The second-order valence-electron chi connectivity index (χ2n) is 10.7. The van der Waals surface area contributed by atoms with Gasteiger partial charge in [-0.3, -0.25) is 10.2 Å². The van der Waals surface area contributed by atoms with Crippen LogP contribution in [-0.2, 0) is 16.8 Å². The zero-order chi connectivity index (χ0) is 22.7. The number of hydrazine groups is 1. The van der Waals surface area contributed by atoms with Crippen LogP contribution in [0.15, 0.2) is 42.5 Å². The average molecular weight is 447 g/mol. The maximum absolute atomic E-state index is 13.0. The summed E-state index contributed by atoms with van der Waals surface area (Å²) >= 11 is 0. The number of rotatable bonds is 5. The summed E-state index contributed by atoms with van der Waals surface area (Å²) in [5.74, 6) is 2.62.